The van der Waals surface area contributed by atoms with Crippen LogP contribution in [0.25, 0.3) is 0 Å². The van der Waals surface area contributed by atoms with Crippen LogP contribution >= 0.6 is 31.9 Å². The Morgan fingerprint density at radius 3 is 2.21 bits per heavy atom. The second kappa shape index (κ2) is 6.08. The number of phenols is 1. The standard InChI is InChI=1S/C13H8Br2N2O2/c14-10-6-9(7-11(15)12(10)18)16-17-13(19)8-4-2-1-3-5-8/h1-7,18H. The number of nitrogens with zero attached hydrogens (tertiary/aromatic N) is 2. The minimum Gasteiger partial charge on any atom is -0.506 e. The van der Waals surface area contributed by atoms with Gasteiger partial charge in [-0.05, 0) is 56.1 Å². The maximum atomic E-state index is 11.7. The molecule has 0 bridgehead atoms. The number of phenolic OH excluding ortho intramolecular Hbond substituents is 1. The second-order valence-corrected chi connectivity index (χ2v) is 5.34. The number of benzene rings is 2. The van der Waals surface area contributed by atoms with Gasteiger partial charge in [0, 0.05) is 5.56 Å². The van der Waals surface area contributed by atoms with Crippen molar-refractivity contribution in [1.29, 1.82) is 0 Å². The SMILES string of the molecule is O=C(N=Nc1cc(Br)c(O)c(Br)c1)c1ccccc1. The molecular weight excluding hydrogens is 376 g/mol. The minimum atomic E-state index is -0.416. The average Bonchev–Trinajstić information content (AvgIpc) is 2.43. The Morgan fingerprint density at radius 2 is 1.63 bits per heavy atom. The molecule has 0 aliphatic heterocycles. The van der Waals surface area contributed by atoms with Crippen LogP contribution in [0, 0.1) is 0 Å². The van der Waals surface area contributed by atoms with Gasteiger partial charge >= 0.3 is 0 Å². The number of hydrogen-bond donors (Lipinski definition) is 1. The molecule has 96 valence electrons. The van der Waals surface area contributed by atoms with Crippen LogP contribution in [0.3, 0.4) is 0 Å². The number of amides is 1. The van der Waals surface area contributed by atoms with Crippen molar-refractivity contribution in [3.63, 3.8) is 0 Å². The molecule has 0 radical (unpaired) electrons. The molecule has 4 nitrogen and oxygen atoms in total. The van der Waals surface area contributed by atoms with Gasteiger partial charge in [-0.25, -0.2) is 0 Å². The first kappa shape index (κ1) is 13.9. The van der Waals surface area contributed by atoms with Gasteiger partial charge in [0.2, 0.25) is 0 Å². The molecule has 2 aromatic rings. The summed E-state index contributed by atoms with van der Waals surface area (Å²) in [5.74, 6) is -0.339. The molecule has 0 spiro atoms. The summed E-state index contributed by atoms with van der Waals surface area (Å²) in [7, 11) is 0. The summed E-state index contributed by atoms with van der Waals surface area (Å²) in [5, 5.41) is 17.0. The molecule has 0 aromatic heterocycles. The highest BCUT2D eigenvalue weighted by atomic mass is 79.9. The molecule has 2 aromatic carbocycles. The third kappa shape index (κ3) is 3.48. The predicted molar refractivity (Wildman–Crippen MR) is 78.8 cm³/mol. The lowest BCUT2D eigenvalue weighted by molar-refractivity contribution is 0.0995. The van der Waals surface area contributed by atoms with E-state index in [2.05, 4.69) is 42.1 Å². The number of hydrogen-bond acceptors (Lipinski definition) is 3. The second-order valence-electron chi connectivity index (χ2n) is 3.63. The van der Waals surface area contributed by atoms with Crippen molar-refractivity contribution < 1.29 is 9.90 Å². The number of aromatic hydroxyl groups is 1. The smallest absolute Gasteiger partial charge is 0.295 e. The molecule has 0 unspecified atom stereocenters. The summed E-state index contributed by atoms with van der Waals surface area (Å²) in [4.78, 5) is 11.7. The van der Waals surface area contributed by atoms with Gasteiger partial charge in [-0.2, -0.15) is 0 Å². The third-order valence-electron chi connectivity index (χ3n) is 2.28. The molecule has 19 heavy (non-hydrogen) atoms. The molecular formula is C13H8Br2N2O2. The lowest BCUT2D eigenvalue weighted by Gasteiger charge is -2.01. The Morgan fingerprint density at radius 1 is 1.05 bits per heavy atom. The fourth-order valence-electron chi connectivity index (χ4n) is 1.35. The Kier molecular flexibility index (Phi) is 4.44. The molecule has 2 rings (SSSR count). The van der Waals surface area contributed by atoms with E-state index in [-0.39, 0.29) is 5.75 Å². The van der Waals surface area contributed by atoms with Gasteiger partial charge < -0.3 is 5.11 Å². The van der Waals surface area contributed by atoms with Crippen LogP contribution in [0.4, 0.5) is 5.69 Å². The normalized spacial score (nSPS) is 10.8. The number of rotatable bonds is 2. The quantitative estimate of drug-likeness (QED) is 0.754. The van der Waals surface area contributed by atoms with E-state index in [0.717, 1.165) is 0 Å². The highest BCUT2D eigenvalue weighted by Gasteiger charge is 2.06. The summed E-state index contributed by atoms with van der Waals surface area (Å²) in [5.41, 5.74) is 0.934. The van der Waals surface area contributed by atoms with Gasteiger partial charge in [-0.1, -0.05) is 18.2 Å². The first-order valence-corrected chi connectivity index (χ1v) is 6.85. The highest BCUT2D eigenvalue weighted by molar-refractivity contribution is 9.11. The molecule has 0 saturated heterocycles. The van der Waals surface area contributed by atoms with Crippen LogP contribution in [0.2, 0.25) is 0 Å². The van der Waals surface area contributed by atoms with Crippen LogP contribution in [0.15, 0.2) is 61.6 Å². The van der Waals surface area contributed by atoms with Gasteiger partial charge in [0.1, 0.15) is 5.75 Å². The van der Waals surface area contributed by atoms with Crippen molar-refractivity contribution in [2.45, 2.75) is 0 Å². The Bertz CT molecular complexity index is 619. The largest absolute Gasteiger partial charge is 0.506 e. The molecule has 6 heteroatoms. The molecule has 0 heterocycles. The van der Waals surface area contributed by atoms with Crippen molar-refractivity contribution in [2.75, 3.05) is 0 Å². The molecule has 0 saturated carbocycles. The molecule has 0 aliphatic rings. The number of carbonyl (C=O) groups is 1. The molecule has 1 amide bonds. The van der Waals surface area contributed by atoms with Gasteiger partial charge in [-0.3, -0.25) is 4.79 Å². The molecule has 1 N–H and O–H groups in total. The third-order valence-corrected chi connectivity index (χ3v) is 3.49. The lowest BCUT2D eigenvalue weighted by atomic mass is 10.2. The van der Waals surface area contributed by atoms with Gasteiger partial charge in [0.05, 0.1) is 14.6 Å². The summed E-state index contributed by atoms with van der Waals surface area (Å²) in [6.45, 7) is 0. The van der Waals surface area contributed by atoms with Crippen molar-refractivity contribution in [2.24, 2.45) is 10.2 Å². The average molecular weight is 384 g/mol. The van der Waals surface area contributed by atoms with Crippen molar-refractivity contribution in [3.8, 4) is 5.75 Å². The van der Waals surface area contributed by atoms with Crippen LogP contribution in [0.5, 0.6) is 5.75 Å². The Labute approximate surface area is 126 Å². The molecule has 0 fully saturated rings. The maximum Gasteiger partial charge on any atom is 0.295 e. The zero-order chi connectivity index (χ0) is 13.8. The van der Waals surface area contributed by atoms with Crippen molar-refractivity contribution in [3.05, 3.63) is 57.0 Å². The van der Waals surface area contributed by atoms with E-state index < -0.39 is 5.91 Å². The lowest BCUT2D eigenvalue weighted by Crippen LogP contribution is -1.91. The van der Waals surface area contributed by atoms with E-state index in [1.54, 1.807) is 36.4 Å². The van der Waals surface area contributed by atoms with E-state index in [9.17, 15) is 9.90 Å². The summed E-state index contributed by atoms with van der Waals surface area (Å²) in [6.07, 6.45) is 0. The summed E-state index contributed by atoms with van der Waals surface area (Å²) in [6, 6.07) is 11.8. The fourth-order valence-corrected chi connectivity index (χ4v) is 2.51. The Hall–Kier alpha value is -1.53. The van der Waals surface area contributed by atoms with Crippen LogP contribution < -0.4 is 0 Å². The minimum absolute atomic E-state index is 0.0772. The summed E-state index contributed by atoms with van der Waals surface area (Å²) < 4.78 is 0.950. The monoisotopic (exact) mass is 382 g/mol. The van der Waals surface area contributed by atoms with Gasteiger partial charge in [0.25, 0.3) is 5.91 Å². The molecule has 0 aliphatic carbocycles. The fraction of sp³-hybridized carbons (Fsp3) is 0. The van der Waals surface area contributed by atoms with E-state index in [1.807, 2.05) is 6.07 Å². The maximum absolute atomic E-state index is 11.7. The zero-order valence-corrected chi connectivity index (χ0v) is 12.7. The number of halogens is 2. The van der Waals surface area contributed by atoms with E-state index in [0.29, 0.717) is 20.2 Å². The first-order valence-electron chi connectivity index (χ1n) is 5.27. The predicted octanol–water partition coefficient (Wildman–Crippen LogP) is 4.84. The number of azo groups is 1. The van der Waals surface area contributed by atoms with Gasteiger partial charge in [0.15, 0.2) is 0 Å². The molecule has 0 atom stereocenters. The van der Waals surface area contributed by atoms with E-state index in [1.165, 1.54) is 0 Å². The van der Waals surface area contributed by atoms with Gasteiger partial charge in [-0.15, -0.1) is 10.2 Å². The first-order chi connectivity index (χ1) is 9.08. The van der Waals surface area contributed by atoms with Crippen molar-refractivity contribution >= 4 is 43.5 Å². The van der Waals surface area contributed by atoms with E-state index in [4.69, 9.17) is 0 Å². The van der Waals surface area contributed by atoms with Crippen LogP contribution in [0.1, 0.15) is 10.4 Å². The van der Waals surface area contributed by atoms with Crippen LogP contribution in [-0.2, 0) is 0 Å². The highest BCUT2D eigenvalue weighted by Crippen LogP contribution is 2.36. The zero-order valence-electron chi connectivity index (χ0n) is 9.55. The van der Waals surface area contributed by atoms with E-state index >= 15 is 0 Å². The summed E-state index contributed by atoms with van der Waals surface area (Å²) >= 11 is 6.36. The number of carbonyl (C=O) groups excluding carboxylic acids is 1. The van der Waals surface area contributed by atoms with Crippen LogP contribution in [-0.4, -0.2) is 11.0 Å². The van der Waals surface area contributed by atoms with Crippen molar-refractivity contribution in [1.82, 2.24) is 0 Å². The topological polar surface area (TPSA) is 62.0 Å². The Balaban J connectivity index is 2.22.